The van der Waals surface area contributed by atoms with Crippen LogP contribution in [0.4, 0.5) is 4.39 Å². The third-order valence-corrected chi connectivity index (χ3v) is 5.97. The number of halogens is 1. The fourth-order valence-electron chi connectivity index (χ4n) is 3.15. The van der Waals surface area contributed by atoms with Crippen molar-refractivity contribution in [1.29, 1.82) is 0 Å². The van der Waals surface area contributed by atoms with E-state index < -0.39 is 10.8 Å². The van der Waals surface area contributed by atoms with Crippen molar-refractivity contribution in [2.75, 3.05) is 26.2 Å². The summed E-state index contributed by atoms with van der Waals surface area (Å²) in [4.78, 5) is 15.1. The summed E-state index contributed by atoms with van der Waals surface area (Å²) < 4.78 is 30.7. The molecule has 0 aliphatic carbocycles. The number of likely N-dealkylation sites (tertiary alicyclic amines) is 1. The maximum Gasteiger partial charge on any atom is 0.286 e. The summed E-state index contributed by atoms with van der Waals surface area (Å²) in [6.07, 6.45) is 4.76. The molecule has 1 fully saturated rings. The zero-order valence-electron chi connectivity index (χ0n) is 15.3. The van der Waals surface area contributed by atoms with Crippen molar-refractivity contribution in [1.82, 2.24) is 10.2 Å². The average Bonchev–Trinajstić information content (AvgIpc) is 3.15. The minimum Gasteiger partial charge on any atom is -0.455 e. The van der Waals surface area contributed by atoms with Crippen LogP contribution in [0.25, 0.3) is 0 Å². The summed E-state index contributed by atoms with van der Waals surface area (Å²) in [5, 5.41) is 2.87. The highest BCUT2D eigenvalue weighted by Gasteiger charge is 2.14. The molecule has 1 amide bonds. The molecule has 2 heterocycles. The first kappa shape index (κ1) is 19.8. The molecule has 0 radical (unpaired) electrons. The first-order valence-corrected chi connectivity index (χ1v) is 10.7. The molecule has 1 atom stereocenters. The third-order valence-electron chi connectivity index (χ3n) is 4.62. The van der Waals surface area contributed by atoms with Crippen LogP contribution < -0.4 is 5.32 Å². The molecule has 27 heavy (non-hydrogen) atoms. The van der Waals surface area contributed by atoms with Gasteiger partial charge in [0.2, 0.25) is 0 Å². The number of furan rings is 1. The molecule has 3 rings (SSSR count). The molecule has 1 aliphatic heterocycles. The van der Waals surface area contributed by atoms with E-state index in [2.05, 4.69) is 10.2 Å². The maximum absolute atomic E-state index is 12.9. The van der Waals surface area contributed by atoms with Crippen molar-refractivity contribution in [3.63, 3.8) is 0 Å². The molecule has 7 heteroatoms. The highest BCUT2D eigenvalue weighted by molar-refractivity contribution is 7.84. The minimum absolute atomic E-state index is 0.147. The summed E-state index contributed by atoms with van der Waals surface area (Å²) in [5.41, 5.74) is 0. The van der Waals surface area contributed by atoms with Gasteiger partial charge in [-0.15, -0.1) is 0 Å². The number of carbonyl (C=O) groups is 1. The van der Waals surface area contributed by atoms with Crippen LogP contribution >= 0.6 is 0 Å². The van der Waals surface area contributed by atoms with Gasteiger partial charge in [0, 0.05) is 11.4 Å². The van der Waals surface area contributed by atoms with E-state index in [1.54, 1.807) is 12.1 Å². The summed E-state index contributed by atoms with van der Waals surface area (Å²) in [5.74, 6) is 0.212. The molecule has 0 spiro atoms. The van der Waals surface area contributed by atoms with Crippen LogP contribution in [-0.4, -0.2) is 41.2 Å². The predicted octanol–water partition coefficient (Wildman–Crippen LogP) is 3.33. The van der Waals surface area contributed by atoms with Gasteiger partial charge in [0.1, 0.15) is 11.6 Å². The Labute approximate surface area is 161 Å². The number of rotatable bonds is 8. The van der Waals surface area contributed by atoms with Gasteiger partial charge in [0.15, 0.2) is 5.76 Å². The largest absolute Gasteiger partial charge is 0.455 e. The van der Waals surface area contributed by atoms with Crippen LogP contribution in [0.3, 0.4) is 0 Å². The van der Waals surface area contributed by atoms with Crippen molar-refractivity contribution in [2.24, 2.45) is 0 Å². The standard InChI is InChI=1S/C20H25FN2O3S/c21-16-5-8-18(9-6-16)27(25)15-17-7-10-19(26-17)20(24)22-11-4-14-23-12-2-1-3-13-23/h5-10H,1-4,11-15H2,(H,22,24)/t27-/m0/s1. The number of hydrogen-bond donors (Lipinski definition) is 1. The third kappa shape index (κ3) is 6.01. The summed E-state index contributed by atoms with van der Waals surface area (Å²) >= 11 is 0. The normalized spacial score (nSPS) is 16.2. The number of nitrogens with one attached hydrogen (secondary N) is 1. The Morgan fingerprint density at radius 1 is 1.11 bits per heavy atom. The average molecular weight is 392 g/mol. The molecule has 1 N–H and O–H groups in total. The molecule has 0 bridgehead atoms. The van der Waals surface area contributed by atoms with Gasteiger partial charge in [-0.25, -0.2) is 4.39 Å². The van der Waals surface area contributed by atoms with Crippen LogP contribution in [0, 0.1) is 5.82 Å². The Balaban J connectivity index is 1.43. The summed E-state index contributed by atoms with van der Waals surface area (Å²) in [7, 11) is -1.35. The molecular formula is C20H25FN2O3S. The van der Waals surface area contributed by atoms with E-state index in [1.165, 1.54) is 43.5 Å². The van der Waals surface area contributed by atoms with E-state index in [-0.39, 0.29) is 23.2 Å². The van der Waals surface area contributed by atoms with Gasteiger partial charge in [-0.1, -0.05) is 6.42 Å². The number of benzene rings is 1. The first-order valence-electron chi connectivity index (χ1n) is 9.35. The lowest BCUT2D eigenvalue weighted by Gasteiger charge is -2.26. The lowest BCUT2D eigenvalue weighted by molar-refractivity contribution is 0.0922. The molecule has 0 unspecified atom stereocenters. The summed E-state index contributed by atoms with van der Waals surface area (Å²) in [6, 6.07) is 8.78. The molecule has 1 aliphatic rings. The molecule has 0 saturated carbocycles. The van der Waals surface area contributed by atoms with Gasteiger partial charge in [-0.05, 0) is 75.3 Å². The van der Waals surface area contributed by atoms with E-state index >= 15 is 0 Å². The second-order valence-electron chi connectivity index (χ2n) is 6.72. The molecule has 1 aromatic heterocycles. The van der Waals surface area contributed by atoms with Gasteiger partial charge >= 0.3 is 0 Å². The van der Waals surface area contributed by atoms with Gasteiger partial charge < -0.3 is 14.6 Å². The number of nitrogens with zero attached hydrogens (tertiary/aromatic N) is 1. The monoisotopic (exact) mass is 392 g/mol. The fraction of sp³-hybridized carbons (Fsp3) is 0.450. The van der Waals surface area contributed by atoms with Gasteiger partial charge in [0.25, 0.3) is 5.91 Å². The molecule has 146 valence electrons. The van der Waals surface area contributed by atoms with Crippen LogP contribution in [0.15, 0.2) is 45.7 Å². The summed E-state index contributed by atoms with van der Waals surface area (Å²) in [6.45, 7) is 3.91. The Bertz CT molecular complexity index is 770. The first-order chi connectivity index (χ1) is 13.1. The highest BCUT2D eigenvalue weighted by Crippen LogP contribution is 2.16. The smallest absolute Gasteiger partial charge is 0.286 e. The Hall–Kier alpha value is -1.99. The lowest BCUT2D eigenvalue weighted by Crippen LogP contribution is -2.33. The predicted molar refractivity (Wildman–Crippen MR) is 102 cm³/mol. The van der Waals surface area contributed by atoms with Crippen molar-refractivity contribution in [2.45, 2.75) is 36.3 Å². The molecule has 1 saturated heterocycles. The van der Waals surface area contributed by atoms with Crippen LogP contribution in [0.2, 0.25) is 0 Å². The van der Waals surface area contributed by atoms with Crippen molar-refractivity contribution >= 4 is 16.7 Å². The zero-order chi connectivity index (χ0) is 19.1. The quantitative estimate of drug-likeness (QED) is 0.700. The van der Waals surface area contributed by atoms with Crippen molar-refractivity contribution in [3.8, 4) is 0 Å². The molecular weight excluding hydrogens is 367 g/mol. The molecule has 5 nitrogen and oxygen atoms in total. The Kier molecular flexibility index (Phi) is 7.18. The second kappa shape index (κ2) is 9.80. The topological polar surface area (TPSA) is 62.6 Å². The maximum atomic E-state index is 12.9. The van der Waals surface area contributed by atoms with E-state index in [0.717, 1.165) is 26.1 Å². The van der Waals surface area contributed by atoms with Gasteiger partial charge in [0.05, 0.1) is 16.6 Å². The van der Waals surface area contributed by atoms with Gasteiger partial charge in [-0.2, -0.15) is 0 Å². The van der Waals surface area contributed by atoms with Crippen molar-refractivity contribution < 1.29 is 17.8 Å². The van der Waals surface area contributed by atoms with E-state index in [9.17, 15) is 13.4 Å². The van der Waals surface area contributed by atoms with Crippen molar-refractivity contribution in [3.05, 3.63) is 53.7 Å². The van der Waals surface area contributed by atoms with Crippen LogP contribution in [0.1, 0.15) is 42.0 Å². The second-order valence-corrected chi connectivity index (χ2v) is 8.17. The van der Waals surface area contributed by atoms with Crippen LogP contribution in [-0.2, 0) is 16.6 Å². The SMILES string of the molecule is O=C(NCCCN1CCCCC1)c1ccc(C[S@](=O)c2ccc(F)cc2)o1. The zero-order valence-corrected chi connectivity index (χ0v) is 16.1. The minimum atomic E-state index is -1.35. The van der Waals surface area contributed by atoms with Crippen LogP contribution in [0.5, 0.6) is 0 Å². The number of hydrogen-bond acceptors (Lipinski definition) is 4. The van der Waals surface area contributed by atoms with E-state index in [4.69, 9.17) is 4.42 Å². The number of carbonyl (C=O) groups excluding carboxylic acids is 1. The van der Waals surface area contributed by atoms with E-state index in [1.807, 2.05) is 0 Å². The van der Waals surface area contributed by atoms with E-state index in [0.29, 0.717) is 17.2 Å². The number of amides is 1. The fourth-order valence-corrected chi connectivity index (χ4v) is 4.17. The molecule has 2 aromatic rings. The Morgan fingerprint density at radius 3 is 2.59 bits per heavy atom. The molecule has 1 aromatic carbocycles. The highest BCUT2D eigenvalue weighted by atomic mass is 32.2. The van der Waals surface area contributed by atoms with Gasteiger partial charge in [-0.3, -0.25) is 9.00 Å². The lowest BCUT2D eigenvalue weighted by atomic mass is 10.1. The number of piperidine rings is 1. The Morgan fingerprint density at radius 2 is 1.85 bits per heavy atom.